The van der Waals surface area contributed by atoms with Gasteiger partial charge in [0, 0.05) is 19.6 Å². The fourth-order valence-electron chi connectivity index (χ4n) is 2.46. The molecule has 1 N–H and O–H groups in total. The maximum absolute atomic E-state index is 5.16. The molecule has 0 aliphatic heterocycles. The molecular formula is C13H20IN3O. The number of rotatable bonds is 5. The second-order valence-electron chi connectivity index (χ2n) is 4.63. The van der Waals surface area contributed by atoms with Crippen molar-refractivity contribution in [2.24, 2.45) is 0 Å². The van der Waals surface area contributed by atoms with Gasteiger partial charge >= 0.3 is 0 Å². The summed E-state index contributed by atoms with van der Waals surface area (Å²) in [6.07, 6.45) is 5.15. The molecule has 0 radical (unpaired) electrons. The van der Waals surface area contributed by atoms with Gasteiger partial charge in [0.15, 0.2) is 5.82 Å². The lowest BCUT2D eigenvalue weighted by molar-refractivity contribution is 0.177. The standard InChI is InChI=1S/C13H20IN3O/c1-3-15-13-11(14)12(9-6-4-5-7-9)16-10(17-13)8-18-2/h9H,3-8H2,1-2H3,(H,15,16,17). The van der Waals surface area contributed by atoms with Gasteiger partial charge in [-0.25, -0.2) is 9.97 Å². The predicted molar refractivity (Wildman–Crippen MR) is 80.8 cm³/mol. The summed E-state index contributed by atoms with van der Waals surface area (Å²) in [5.41, 5.74) is 1.21. The Balaban J connectivity index is 2.35. The minimum Gasteiger partial charge on any atom is -0.377 e. The van der Waals surface area contributed by atoms with Gasteiger partial charge in [0.2, 0.25) is 0 Å². The van der Waals surface area contributed by atoms with Gasteiger partial charge in [0.25, 0.3) is 0 Å². The summed E-state index contributed by atoms with van der Waals surface area (Å²) in [6.45, 7) is 3.45. The molecule has 1 heterocycles. The Bertz CT molecular complexity index is 405. The van der Waals surface area contributed by atoms with Crippen LogP contribution in [0, 0.1) is 3.57 Å². The van der Waals surface area contributed by atoms with Gasteiger partial charge < -0.3 is 10.1 Å². The molecular weight excluding hydrogens is 341 g/mol. The number of anilines is 1. The van der Waals surface area contributed by atoms with Gasteiger partial charge in [-0.15, -0.1) is 0 Å². The number of methoxy groups -OCH3 is 1. The summed E-state index contributed by atoms with van der Waals surface area (Å²) < 4.78 is 6.34. The fraction of sp³-hybridized carbons (Fsp3) is 0.692. The molecule has 0 unspecified atom stereocenters. The normalized spacial score (nSPS) is 16.2. The Morgan fingerprint density at radius 1 is 1.33 bits per heavy atom. The number of nitrogens with one attached hydrogen (secondary N) is 1. The number of aromatic nitrogens is 2. The third-order valence-corrected chi connectivity index (χ3v) is 4.35. The van der Waals surface area contributed by atoms with Gasteiger partial charge in [-0.05, 0) is 42.4 Å². The first kappa shape index (κ1) is 14.0. The lowest BCUT2D eigenvalue weighted by Crippen LogP contribution is -2.12. The van der Waals surface area contributed by atoms with Crippen molar-refractivity contribution in [2.75, 3.05) is 19.0 Å². The highest BCUT2D eigenvalue weighted by molar-refractivity contribution is 14.1. The molecule has 100 valence electrons. The maximum atomic E-state index is 5.16. The van der Waals surface area contributed by atoms with E-state index in [2.05, 4.69) is 39.8 Å². The molecule has 1 saturated carbocycles. The summed E-state index contributed by atoms with van der Waals surface area (Å²) in [5, 5.41) is 3.32. The molecule has 5 heteroatoms. The van der Waals surface area contributed by atoms with Crippen LogP contribution in [0.5, 0.6) is 0 Å². The van der Waals surface area contributed by atoms with Crippen LogP contribution in [-0.4, -0.2) is 23.6 Å². The van der Waals surface area contributed by atoms with E-state index in [0.717, 1.165) is 18.2 Å². The zero-order chi connectivity index (χ0) is 13.0. The molecule has 0 amide bonds. The predicted octanol–water partition coefficient (Wildman–Crippen LogP) is 3.32. The zero-order valence-corrected chi connectivity index (χ0v) is 13.2. The Hall–Kier alpha value is -0.430. The third-order valence-electron chi connectivity index (χ3n) is 3.28. The van der Waals surface area contributed by atoms with Crippen LogP contribution in [0.2, 0.25) is 0 Å². The first-order chi connectivity index (χ1) is 8.76. The van der Waals surface area contributed by atoms with E-state index in [1.165, 1.54) is 34.9 Å². The number of hydrogen-bond acceptors (Lipinski definition) is 4. The van der Waals surface area contributed by atoms with Crippen LogP contribution >= 0.6 is 22.6 Å². The van der Waals surface area contributed by atoms with Crippen LogP contribution in [0.4, 0.5) is 5.82 Å². The lowest BCUT2D eigenvalue weighted by Gasteiger charge is -2.15. The van der Waals surface area contributed by atoms with Gasteiger partial charge in [-0.1, -0.05) is 12.8 Å². The molecule has 18 heavy (non-hydrogen) atoms. The van der Waals surface area contributed by atoms with E-state index in [9.17, 15) is 0 Å². The first-order valence-corrected chi connectivity index (χ1v) is 7.63. The molecule has 0 saturated heterocycles. The fourth-order valence-corrected chi connectivity index (χ4v) is 3.33. The van der Waals surface area contributed by atoms with E-state index in [4.69, 9.17) is 9.72 Å². The SMILES string of the molecule is CCNc1nc(COC)nc(C2CCCC2)c1I. The van der Waals surface area contributed by atoms with E-state index in [-0.39, 0.29) is 0 Å². The molecule has 0 bridgehead atoms. The van der Waals surface area contributed by atoms with E-state index < -0.39 is 0 Å². The zero-order valence-electron chi connectivity index (χ0n) is 11.0. The summed E-state index contributed by atoms with van der Waals surface area (Å²) in [7, 11) is 1.68. The summed E-state index contributed by atoms with van der Waals surface area (Å²) in [4.78, 5) is 9.23. The van der Waals surface area contributed by atoms with Crippen LogP contribution in [0.25, 0.3) is 0 Å². The average molecular weight is 361 g/mol. The van der Waals surface area contributed by atoms with Crippen LogP contribution in [-0.2, 0) is 11.3 Å². The van der Waals surface area contributed by atoms with Gasteiger partial charge in [-0.3, -0.25) is 0 Å². The van der Waals surface area contributed by atoms with Gasteiger partial charge in [0.1, 0.15) is 12.4 Å². The van der Waals surface area contributed by atoms with Crippen LogP contribution in [0.15, 0.2) is 0 Å². The van der Waals surface area contributed by atoms with Crippen LogP contribution in [0.1, 0.15) is 50.0 Å². The van der Waals surface area contributed by atoms with Crippen molar-refractivity contribution in [3.63, 3.8) is 0 Å². The van der Waals surface area contributed by atoms with Crippen molar-refractivity contribution in [1.29, 1.82) is 0 Å². The Kier molecular flexibility index (Phi) is 5.17. The number of halogens is 1. The highest BCUT2D eigenvalue weighted by Crippen LogP contribution is 2.36. The highest BCUT2D eigenvalue weighted by atomic mass is 127. The summed E-state index contributed by atoms with van der Waals surface area (Å²) in [6, 6.07) is 0. The van der Waals surface area contributed by atoms with Crippen molar-refractivity contribution in [2.45, 2.75) is 45.1 Å². The lowest BCUT2D eigenvalue weighted by atomic mass is 10.0. The molecule has 1 aromatic heterocycles. The van der Waals surface area contributed by atoms with E-state index in [0.29, 0.717) is 12.5 Å². The van der Waals surface area contributed by atoms with E-state index >= 15 is 0 Å². The van der Waals surface area contributed by atoms with Crippen LogP contribution in [0.3, 0.4) is 0 Å². The molecule has 0 spiro atoms. The first-order valence-electron chi connectivity index (χ1n) is 6.55. The molecule has 0 atom stereocenters. The largest absolute Gasteiger partial charge is 0.377 e. The second kappa shape index (κ2) is 6.65. The van der Waals surface area contributed by atoms with Gasteiger partial charge in [0.05, 0.1) is 9.26 Å². The smallest absolute Gasteiger partial charge is 0.156 e. The Morgan fingerprint density at radius 3 is 2.67 bits per heavy atom. The highest BCUT2D eigenvalue weighted by Gasteiger charge is 2.23. The quantitative estimate of drug-likeness (QED) is 0.818. The number of hydrogen-bond donors (Lipinski definition) is 1. The van der Waals surface area contributed by atoms with Crippen molar-refractivity contribution >= 4 is 28.4 Å². The van der Waals surface area contributed by atoms with Crippen molar-refractivity contribution in [3.05, 3.63) is 15.1 Å². The molecule has 0 aromatic carbocycles. The molecule has 2 rings (SSSR count). The number of nitrogens with zero attached hydrogens (tertiary/aromatic N) is 2. The summed E-state index contributed by atoms with van der Waals surface area (Å²) >= 11 is 2.37. The topological polar surface area (TPSA) is 47.0 Å². The van der Waals surface area contributed by atoms with E-state index in [1.54, 1.807) is 7.11 Å². The van der Waals surface area contributed by atoms with Crippen LogP contribution < -0.4 is 5.32 Å². The molecule has 1 aromatic rings. The van der Waals surface area contributed by atoms with Crippen molar-refractivity contribution in [1.82, 2.24) is 9.97 Å². The Morgan fingerprint density at radius 2 is 2.06 bits per heavy atom. The minimum atomic E-state index is 0.481. The van der Waals surface area contributed by atoms with Crippen molar-refractivity contribution < 1.29 is 4.74 Å². The maximum Gasteiger partial charge on any atom is 0.156 e. The molecule has 1 fully saturated rings. The minimum absolute atomic E-state index is 0.481. The van der Waals surface area contributed by atoms with Gasteiger partial charge in [-0.2, -0.15) is 0 Å². The summed E-state index contributed by atoms with van der Waals surface area (Å²) in [5.74, 6) is 2.35. The monoisotopic (exact) mass is 361 g/mol. The molecule has 4 nitrogen and oxygen atoms in total. The average Bonchev–Trinajstić information content (AvgIpc) is 2.87. The number of ether oxygens (including phenoxy) is 1. The Labute approximate surface area is 122 Å². The van der Waals surface area contributed by atoms with E-state index in [1.807, 2.05) is 0 Å². The second-order valence-corrected chi connectivity index (χ2v) is 5.71. The molecule has 1 aliphatic rings. The molecule has 1 aliphatic carbocycles. The van der Waals surface area contributed by atoms with Crippen molar-refractivity contribution in [3.8, 4) is 0 Å². The third kappa shape index (κ3) is 3.12.